The smallest absolute Gasteiger partial charge is 0.159 e. The third-order valence-electron chi connectivity index (χ3n) is 5.40. The van der Waals surface area contributed by atoms with E-state index in [1.807, 2.05) is 12.1 Å². The molecule has 3 heteroatoms. The summed E-state index contributed by atoms with van der Waals surface area (Å²) >= 11 is 0. The van der Waals surface area contributed by atoms with E-state index < -0.39 is 20.4 Å². The Morgan fingerprint density at radius 3 is 2.28 bits per heavy atom. The molecule has 3 rings (SSSR count). The van der Waals surface area contributed by atoms with E-state index in [0.29, 0.717) is 0 Å². The molecule has 2 aromatic carbocycles. The minimum atomic E-state index is -0.799. The van der Waals surface area contributed by atoms with E-state index in [0.717, 1.165) is 23.5 Å². The van der Waals surface area contributed by atoms with Crippen LogP contribution < -0.4 is 0 Å². The lowest BCUT2D eigenvalue weighted by Crippen LogP contribution is -2.19. The molecule has 0 N–H and O–H groups in total. The van der Waals surface area contributed by atoms with E-state index in [4.69, 9.17) is 0 Å². The Bertz CT molecular complexity index is 713. The van der Waals surface area contributed by atoms with E-state index in [1.165, 1.54) is 49.0 Å². The van der Waals surface area contributed by atoms with Crippen molar-refractivity contribution in [3.63, 3.8) is 0 Å². The first kappa shape index (κ1) is 18.1. The molecule has 0 saturated carbocycles. The van der Waals surface area contributed by atoms with Gasteiger partial charge in [-0.15, -0.1) is 5.70 Å². The predicted octanol–water partition coefficient (Wildman–Crippen LogP) is 6.32. The van der Waals surface area contributed by atoms with Crippen molar-refractivity contribution >= 4 is 8.80 Å². The minimum absolute atomic E-state index is 0.551. The van der Waals surface area contributed by atoms with Crippen LogP contribution in [0.1, 0.15) is 31.7 Å². The van der Waals surface area contributed by atoms with Crippen molar-refractivity contribution in [3.05, 3.63) is 71.4 Å². The van der Waals surface area contributed by atoms with Gasteiger partial charge in [0.05, 0.1) is 8.80 Å². The van der Waals surface area contributed by atoms with Gasteiger partial charge in [-0.1, -0.05) is 61.3 Å². The van der Waals surface area contributed by atoms with Crippen LogP contribution in [0, 0.1) is 17.6 Å². The standard InChI is InChI=1S/C22H26F2Si/c1-2-13-25-14-11-18(12-15-25)4-3-17-5-7-19(8-6-17)20-9-10-21(23)22(24)16-20/h2,5-10,13,16,18,25H,3-4,11-12,14-15H2,1H3. The Hall–Kier alpha value is -1.74. The van der Waals surface area contributed by atoms with Gasteiger partial charge in [0.25, 0.3) is 0 Å². The van der Waals surface area contributed by atoms with Crippen LogP contribution in [-0.2, 0) is 6.42 Å². The SMILES string of the molecule is CC=C[SiH]1CCC(CCc2ccc(-c3ccc(F)c(F)c3)cc2)CC1. The average Bonchev–Trinajstić information content (AvgIpc) is 2.64. The molecule has 1 saturated heterocycles. The zero-order chi connectivity index (χ0) is 17.6. The van der Waals surface area contributed by atoms with Gasteiger partial charge in [0.2, 0.25) is 0 Å². The second-order valence-corrected chi connectivity index (χ2v) is 10.2. The molecule has 1 heterocycles. The van der Waals surface area contributed by atoms with Crippen LogP contribution >= 0.6 is 0 Å². The molecule has 0 aromatic heterocycles. The summed E-state index contributed by atoms with van der Waals surface area (Å²) in [6, 6.07) is 15.3. The Balaban J connectivity index is 1.54. The molecule has 0 atom stereocenters. The highest BCUT2D eigenvalue weighted by molar-refractivity contribution is 6.64. The Labute approximate surface area is 151 Å². The van der Waals surface area contributed by atoms with Gasteiger partial charge in [0.1, 0.15) is 0 Å². The monoisotopic (exact) mass is 356 g/mol. The molecular weight excluding hydrogens is 330 g/mol. The first-order chi connectivity index (χ1) is 12.2. The maximum Gasteiger partial charge on any atom is 0.159 e. The summed E-state index contributed by atoms with van der Waals surface area (Å²) in [5, 5.41) is 0. The van der Waals surface area contributed by atoms with Crippen molar-refractivity contribution in [2.24, 2.45) is 5.92 Å². The van der Waals surface area contributed by atoms with E-state index in [1.54, 1.807) is 6.07 Å². The molecule has 0 radical (unpaired) electrons. The molecule has 0 nitrogen and oxygen atoms in total. The quantitative estimate of drug-likeness (QED) is 0.550. The number of halogens is 2. The molecule has 0 aliphatic carbocycles. The van der Waals surface area contributed by atoms with Crippen LogP contribution in [0.5, 0.6) is 0 Å². The van der Waals surface area contributed by atoms with Crippen LogP contribution in [0.3, 0.4) is 0 Å². The van der Waals surface area contributed by atoms with Crippen LogP contribution in [-0.4, -0.2) is 8.80 Å². The normalized spacial score (nSPS) is 20.9. The van der Waals surface area contributed by atoms with E-state index >= 15 is 0 Å². The number of hydrogen-bond acceptors (Lipinski definition) is 0. The Morgan fingerprint density at radius 1 is 0.960 bits per heavy atom. The van der Waals surface area contributed by atoms with Crippen molar-refractivity contribution in [3.8, 4) is 11.1 Å². The zero-order valence-electron chi connectivity index (χ0n) is 14.8. The van der Waals surface area contributed by atoms with Gasteiger partial charge < -0.3 is 0 Å². The highest BCUT2D eigenvalue weighted by Crippen LogP contribution is 2.29. The third-order valence-corrected chi connectivity index (χ3v) is 8.48. The summed E-state index contributed by atoms with van der Waals surface area (Å²) in [6.45, 7) is 2.14. The van der Waals surface area contributed by atoms with Gasteiger partial charge >= 0.3 is 0 Å². The Kier molecular flexibility index (Phi) is 6.19. The molecule has 0 unspecified atom stereocenters. The van der Waals surface area contributed by atoms with Crippen LogP contribution in [0.25, 0.3) is 11.1 Å². The molecule has 0 spiro atoms. The lowest BCUT2D eigenvalue weighted by Gasteiger charge is -2.25. The fourth-order valence-electron chi connectivity index (χ4n) is 3.85. The van der Waals surface area contributed by atoms with Crippen molar-refractivity contribution in [2.75, 3.05) is 0 Å². The fourth-order valence-corrected chi connectivity index (χ4v) is 6.87. The van der Waals surface area contributed by atoms with Crippen molar-refractivity contribution in [1.82, 2.24) is 0 Å². The lowest BCUT2D eigenvalue weighted by atomic mass is 9.93. The molecule has 1 fully saturated rings. The van der Waals surface area contributed by atoms with Crippen LogP contribution in [0.15, 0.2) is 54.2 Å². The fraction of sp³-hybridized carbons (Fsp3) is 0.364. The van der Waals surface area contributed by atoms with Crippen molar-refractivity contribution in [1.29, 1.82) is 0 Å². The van der Waals surface area contributed by atoms with Crippen LogP contribution in [0.2, 0.25) is 12.1 Å². The Morgan fingerprint density at radius 2 is 1.64 bits per heavy atom. The lowest BCUT2D eigenvalue weighted by molar-refractivity contribution is 0.439. The average molecular weight is 357 g/mol. The second-order valence-electron chi connectivity index (χ2n) is 7.17. The number of rotatable bonds is 5. The summed E-state index contributed by atoms with van der Waals surface area (Å²) in [4.78, 5) is 0. The number of hydrogen-bond donors (Lipinski definition) is 0. The minimum Gasteiger partial charge on any atom is -0.204 e. The van der Waals surface area contributed by atoms with Crippen LogP contribution in [0.4, 0.5) is 8.78 Å². The maximum atomic E-state index is 13.4. The number of benzene rings is 2. The molecular formula is C22H26F2Si. The van der Waals surface area contributed by atoms with Crippen molar-refractivity contribution in [2.45, 2.75) is 44.7 Å². The highest BCUT2D eigenvalue weighted by atomic mass is 28.3. The molecule has 2 aromatic rings. The summed E-state index contributed by atoms with van der Waals surface area (Å²) in [5.41, 5.74) is 5.48. The number of allylic oxidation sites excluding steroid dienone is 1. The van der Waals surface area contributed by atoms with E-state index in [-0.39, 0.29) is 0 Å². The molecule has 1 aliphatic rings. The predicted molar refractivity (Wildman–Crippen MR) is 104 cm³/mol. The van der Waals surface area contributed by atoms with Gasteiger partial charge in [-0.25, -0.2) is 8.78 Å². The second kappa shape index (κ2) is 8.57. The van der Waals surface area contributed by atoms with E-state index in [2.05, 4.69) is 30.8 Å². The van der Waals surface area contributed by atoms with Gasteiger partial charge in [-0.3, -0.25) is 0 Å². The van der Waals surface area contributed by atoms with Gasteiger partial charge in [-0.05, 0) is 54.5 Å². The van der Waals surface area contributed by atoms with Gasteiger partial charge in [0, 0.05) is 0 Å². The summed E-state index contributed by atoms with van der Waals surface area (Å²) in [5.74, 6) is -0.717. The highest BCUT2D eigenvalue weighted by Gasteiger charge is 2.20. The van der Waals surface area contributed by atoms with E-state index in [9.17, 15) is 8.78 Å². The third kappa shape index (κ3) is 4.88. The summed E-state index contributed by atoms with van der Waals surface area (Å²) < 4.78 is 26.4. The topological polar surface area (TPSA) is 0 Å². The molecule has 1 aliphatic heterocycles. The summed E-state index contributed by atoms with van der Waals surface area (Å²) in [7, 11) is -0.551. The molecule has 0 bridgehead atoms. The molecule has 0 amide bonds. The number of aryl methyl sites for hydroxylation is 1. The molecule has 132 valence electrons. The first-order valence-electron chi connectivity index (χ1n) is 9.33. The molecule has 25 heavy (non-hydrogen) atoms. The van der Waals surface area contributed by atoms with Crippen molar-refractivity contribution < 1.29 is 8.78 Å². The summed E-state index contributed by atoms with van der Waals surface area (Å²) in [6.07, 6.45) is 7.41. The first-order valence-corrected chi connectivity index (χ1v) is 11.6. The largest absolute Gasteiger partial charge is 0.204 e. The maximum absolute atomic E-state index is 13.4. The van der Waals surface area contributed by atoms with Gasteiger partial charge in [0.15, 0.2) is 11.6 Å². The van der Waals surface area contributed by atoms with Gasteiger partial charge in [-0.2, -0.15) is 0 Å². The zero-order valence-corrected chi connectivity index (χ0v) is 16.0.